The van der Waals surface area contributed by atoms with Crippen molar-refractivity contribution in [3.63, 3.8) is 0 Å². The highest BCUT2D eigenvalue weighted by Gasteiger charge is 2.45. The minimum absolute atomic E-state index is 0.0706. The number of ether oxygens (including phenoxy) is 1. The summed E-state index contributed by atoms with van der Waals surface area (Å²) in [6.07, 6.45) is 7.19. The molecule has 3 aliphatic rings. The van der Waals surface area contributed by atoms with Crippen LogP contribution in [0.15, 0.2) is 64.5 Å². The summed E-state index contributed by atoms with van der Waals surface area (Å²) in [5.41, 5.74) is 5.56. The van der Waals surface area contributed by atoms with Crippen LogP contribution in [0.3, 0.4) is 0 Å². The van der Waals surface area contributed by atoms with Gasteiger partial charge in [0.05, 0.1) is 16.9 Å². The van der Waals surface area contributed by atoms with Crippen molar-refractivity contribution in [1.82, 2.24) is 9.55 Å². The molecule has 0 bridgehead atoms. The van der Waals surface area contributed by atoms with Gasteiger partial charge < -0.3 is 4.74 Å². The summed E-state index contributed by atoms with van der Waals surface area (Å²) >= 11 is 1.70. The molecule has 1 saturated heterocycles. The van der Waals surface area contributed by atoms with Crippen LogP contribution >= 0.6 is 11.8 Å². The van der Waals surface area contributed by atoms with Gasteiger partial charge in [-0.3, -0.25) is 9.36 Å². The zero-order valence-corrected chi connectivity index (χ0v) is 21.6. The van der Waals surface area contributed by atoms with E-state index in [1.54, 1.807) is 11.8 Å². The lowest BCUT2D eigenvalue weighted by Crippen LogP contribution is -2.44. The highest BCUT2D eigenvalue weighted by atomic mass is 32.2. The van der Waals surface area contributed by atoms with Crippen molar-refractivity contribution < 1.29 is 4.74 Å². The van der Waals surface area contributed by atoms with Crippen LogP contribution in [0.5, 0.6) is 0 Å². The summed E-state index contributed by atoms with van der Waals surface area (Å²) in [4.78, 5) is 20.0. The molecular weight excluding hydrogens is 452 g/mol. The van der Waals surface area contributed by atoms with Crippen molar-refractivity contribution in [3.8, 4) is 11.3 Å². The molecule has 2 aliphatic carbocycles. The molecule has 35 heavy (non-hydrogen) atoms. The lowest BCUT2D eigenvalue weighted by molar-refractivity contribution is -0.0710. The van der Waals surface area contributed by atoms with Crippen molar-refractivity contribution in [2.24, 2.45) is 0 Å². The standard InChI is InChI=1S/C30H34N2O2S/c1-29(2)19-23(14-17-34-29)32-27(33)25-26(31-28(32)35-20-21-10-4-3-5-11-21)24-13-7-6-12-22(24)18-30(25)15-8-9-16-30/h3-7,10-13,23H,8-9,14-20H2,1-2H3/t23-/m0/s1. The number of benzene rings is 2. The average molecular weight is 487 g/mol. The van der Waals surface area contributed by atoms with Crippen molar-refractivity contribution in [2.75, 3.05) is 6.61 Å². The molecule has 1 aromatic heterocycles. The number of thioether (sulfide) groups is 1. The van der Waals surface area contributed by atoms with E-state index in [9.17, 15) is 4.79 Å². The van der Waals surface area contributed by atoms with Gasteiger partial charge in [0, 0.05) is 29.4 Å². The fraction of sp³-hybridized carbons (Fsp3) is 0.467. The lowest BCUT2D eigenvalue weighted by Gasteiger charge is -2.40. The van der Waals surface area contributed by atoms with Crippen LogP contribution in [-0.4, -0.2) is 21.8 Å². The smallest absolute Gasteiger partial charge is 0.258 e. The normalized spacial score (nSPS) is 22.1. The Morgan fingerprint density at radius 2 is 1.80 bits per heavy atom. The Balaban J connectivity index is 1.54. The third kappa shape index (κ3) is 4.17. The van der Waals surface area contributed by atoms with Gasteiger partial charge in [0.2, 0.25) is 0 Å². The molecule has 2 heterocycles. The van der Waals surface area contributed by atoms with Crippen LogP contribution in [0.2, 0.25) is 0 Å². The first-order chi connectivity index (χ1) is 17.0. The predicted molar refractivity (Wildman–Crippen MR) is 142 cm³/mol. The second-order valence-corrected chi connectivity index (χ2v) is 12.1. The van der Waals surface area contributed by atoms with Crippen molar-refractivity contribution >= 4 is 11.8 Å². The van der Waals surface area contributed by atoms with Gasteiger partial charge in [0.15, 0.2) is 5.16 Å². The Morgan fingerprint density at radius 3 is 2.57 bits per heavy atom. The van der Waals surface area contributed by atoms with Crippen LogP contribution in [0.1, 0.15) is 75.1 Å². The van der Waals surface area contributed by atoms with E-state index in [4.69, 9.17) is 9.72 Å². The maximum atomic E-state index is 14.6. The molecule has 1 aliphatic heterocycles. The van der Waals surface area contributed by atoms with Crippen LogP contribution in [0.4, 0.5) is 0 Å². The summed E-state index contributed by atoms with van der Waals surface area (Å²) in [6.45, 7) is 4.96. The number of aromatic nitrogens is 2. The molecule has 2 fully saturated rings. The monoisotopic (exact) mass is 486 g/mol. The van der Waals surface area contributed by atoms with E-state index in [0.29, 0.717) is 6.61 Å². The van der Waals surface area contributed by atoms with Gasteiger partial charge >= 0.3 is 0 Å². The second kappa shape index (κ2) is 8.94. The zero-order chi connectivity index (χ0) is 24.0. The SMILES string of the molecule is CC1(C)C[C@@H](n2c(SCc3ccccc3)nc3c(c2=O)C2(CCCC2)Cc2ccccc2-3)CCO1. The Kier molecular flexibility index (Phi) is 5.89. The Bertz CT molecular complexity index is 1290. The second-order valence-electron chi connectivity index (χ2n) is 11.1. The summed E-state index contributed by atoms with van der Waals surface area (Å²) in [7, 11) is 0. The molecule has 2 aromatic carbocycles. The van der Waals surface area contributed by atoms with E-state index in [2.05, 4.69) is 66.9 Å². The molecule has 0 unspecified atom stereocenters. The first-order valence-electron chi connectivity index (χ1n) is 13.0. The largest absolute Gasteiger partial charge is 0.375 e. The molecule has 0 radical (unpaired) electrons. The zero-order valence-electron chi connectivity index (χ0n) is 20.8. The minimum atomic E-state index is -0.239. The number of hydrogen-bond acceptors (Lipinski definition) is 4. The highest BCUT2D eigenvalue weighted by molar-refractivity contribution is 7.98. The van der Waals surface area contributed by atoms with Gasteiger partial charge in [-0.1, -0.05) is 79.2 Å². The van der Waals surface area contributed by atoms with Gasteiger partial charge in [-0.15, -0.1) is 0 Å². The molecule has 1 saturated carbocycles. The molecule has 0 amide bonds. The van der Waals surface area contributed by atoms with Crippen LogP contribution < -0.4 is 5.56 Å². The van der Waals surface area contributed by atoms with Gasteiger partial charge in [-0.05, 0) is 57.1 Å². The summed E-state index contributed by atoms with van der Waals surface area (Å²) in [5, 5.41) is 0.852. The first kappa shape index (κ1) is 23.1. The van der Waals surface area contributed by atoms with E-state index < -0.39 is 0 Å². The van der Waals surface area contributed by atoms with Crippen LogP contribution in [-0.2, 0) is 22.3 Å². The molecule has 4 nitrogen and oxygen atoms in total. The summed E-state index contributed by atoms with van der Waals surface area (Å²) in [5.74, 6) is 0.797. The topological polar surface area (TPSA) is 44.1 Å². The van der Waals surface area contributed by atoms with Gasteiger partial charge in [-0.25, -0.2) is 4.98 Å². The molecule has 5 heteroatoms. The van der Waals surface area contributed by atoms with Crippen molar-refractivity contribution in [1.29, 1.82) is 0 Å². The van der Waals surface area contributed by atoms with E-state index in [1.165, 1.54) is 24.0 Å². The minimum Gasteiger partial charge on any atom is -0.375 e. The van der Waals surface area contributed by atoms with E-state index in [-0.39, 0.29) is 22.6 Å². The lowest BCUT2D eigenvalue weighted by atomic mass is 9.68. The van der Waals surface area contributed by atoms with Crippen molar-refractivity contribution in [3.05, 3.63) is 81.6 Å². The van der Waals surface area contributed by atoms with Gasteiger partial charge in [0.25, 0.3) is 5.56 Å². The number of fused-ring (bicyclic) bond motifs is 4. The molecule has 6 rings (SSSR count). The van der Waals surface area contributed by atoms with Crippen LogP contribution in [0.25, 0.3) is 11.3 Å². The molecule has 1 atom stereocenters. The molecule has 3 aromatic rings. The Labute approximate surface area is 212 Å². The average Bonchev–Trinajstić information content (AvgIpc) is 3.31. The third-order valence-electron chi connectivity index (χ3n) is 8.22. The van der Waals surface area contributed by atoms with Gasteiger partial charge in [-0.2, -0.15) is 0 Å². The first-order valence-corrected chi connectivity index (χ1v) is 14.0. The van der Waals surface area contributed by atoms with E-state index >= 15 is 0 Å². The van der Waals surface area contributed by atoms with E-state index in [1.807, 2.05) is 6.07 Å². The highest BCUT2D eigenvalue weighted by Crippen LogP contribution is 2.50. The molecule has 0 N–H and O–H groups in total. The summed E-state index contributed by atoms with van der Waals surface area (Å²) in [6, 6.07) is 19.2. The third-order valence-corrected chi connectivity index (χ3v) is 9.25. The fourth-order valence-electron chi connectivity index (χ4n) is 6.59. The van der Waals surface area contributed by atoms with Crippen molar-refractivity contribution in [2.45, 2.75) is 86.8 Å². The molecule has 1 spiro atoms. The van der Waals surface area contributed by atoms with Crippen LogP contribution in [0, 0.1) is 0 Å². The van der Waals surface area contributed by atoms with Gasteiger partial charge in [0.1, 0.15) is 0 Å². The number of rotatable bonds is 4. The maximum absolute atomic E-state index is 14.6. The number of nitrogens with zero attached hydrogens (tertiary/aromatic N) is 2. The quantitative estimate of drug-likeness (QED) is 0.304. The summed E-state index contributed by atoms with van der Waals surface area (Å²) < 4.78 is 8.11. The molecule has 182 valence electrons. The predicted octanol–water partition coefficient (Wildman–Crippen LogP) is 6.70. The maximum Gasteiger partial charge on any atom is 0.258 e. The Morgan fingerprint density at radius 1 is 1.06 bits per heavy atom. The fourth-order valence-corrected chi connectivity index (χ4v) is 7.61. The number of hydrogen-bond donors (Lipinski definition) is 0. The molecular formula is C30H34N2O2S. The van der Waals surface area contributed by atoms with E-state index in [0.717, 1.165) is 59.8 Å². The Hall–Kier alpha value is -2.37.